The number of carbonyl (C=O) groups excluding carboxylic acids is 1. The Balaban J connectivity index is 2.51. The summed E-state index contributed by atoms with van der Waals surface area (Å²) in [5.74, 6) is 0.198. The molecule has 0 aliphatic heterocycles. The maximum absolute atomic E-state index is 10.9. The van der Waals surface area contributed by atoms with Gasteiger partial charge in [-0.3, -0.25) is 4.79 Å². The highest BCUT2D eigenvalue weighted by Crippen LogP contribution is 2.10. The van der Waals surface area contributed by atoms with E-state index in [1.54, 1.807) is 6.92 Å². The number of aromatic nitrogens is 1. The smallest absolute Gasteiger partial charge is 0.135 e. The molecule has 0 bridgehead atoms. The molecule has 0 amide bonds. The van der Waals surface area contributed by atoms with Crippen molar-refractivity contribution in [2.45, 2.75) is 13.3 Å². The van der Waals surface area contributed by atoms with E-state index in [2.05, 4.69) is 0 Å². The molecule has 0 radical (unpaired) electrons. The minimum absolute atomic E-state index is 0.198. The number of carbonyl (C=O) groups is 1. The third-order valence-electron chi connectivity index (χ3n) is 2.08. The lowest BCUT2D eigenvalue weighted by atomic mass is 10.2. The van der Waals surface area contributed by atoms with Crippen LogP contribution in [-0.4, -0.2) is 10.2 Å². The van der Waals surface area contributed by atoms with Crippen LogP contribution >= 0.6 is 0 Å². The average molecular weight is 173 g/mol. The Kier molecular flexibility index (Phi) is 1.89. The number of Topliss-reactive ketones (excluding diaryl/α,β-unsaturated/α-hetero) is 1. The van der Waals surface area contributed by atoms with Crippen LogP contribution in [0.4, 0.5) is 0 Å². The quantitative estimate of drug-likeness (QED) is 0.681. The molecule has 2 heterocycles. The molecule has 0 spiro atoms. The van der Waals surface area contributed by atoms with Gasteiger partial charge in [-0.05, 0) is 31.2 Å². The molecule has 0 aromatic carbocycles. The molecule has 0 fully saturated rings. The van der Waals surface area contributed by atoms with Crippen molar-refractivity contribution in [3.8, 4) is 0 Å². The van der Waals surface area contributed by atoms with Crippen LogP contribution < -0.4 is 0 Å². The van der Waals surface area contributed by atoms with Crippen molar-refractivity contribution >= 4 is 11.3 Å². The standard InChI is InChI=1S/C11H11NO/c1-9(13)8-11-6-5-10-4-2-3-7-12(10)11/h2-7H,8H2,1H3. The van der Waals surface area contributed by atoms with Gasteiger partial charge in [0.25, 0.3) is 0 Å². The Bertz CT molecular complexity index is 442. The van der Waals surface area contributed by atoms with Gasteiger partial charge in [-0.1, -0.05) is 6.07 Å². The van der Waals surface area contributed by atoms with Crippen LogP contribution in [-0.2, 0) is 11.2 Å². The molecule has 2 heteroatoms. The topological polar surface area (TPSA) is 21.5 Å². The molecule has 13 heavy (non-hydrogen) atoms. The monoisotopic (exact) mass is 173 g/mol. The molecular weight excluding hydrogens is 162 g/mol. The molecule has 66 valence electrons. The van der Waals surface area contributed by atoms with Crippen molar-refractivity contribution in [1.29, 1.82) is 0 Å². The Labute approximate surface area is 76.8 Å². The summed E-state index contributed by atoms with van der Waals surface area (Å²) in [4.78, 5) is 10.9. The molecule has 2 nitrogen and oxygen atoms in total. The summed E-state index contributed by atoms with van der Waals surface area (Å²) in [7, 11) is 0. The lowest BCUT2D eigenvalue weighted by molar-refractivity contribution is -0.116. The molecule has 2 aromatic rings. The summed E-state index contributed by atoms with van der Waals surface area (Å²) < 4.78 is 2.04. The largest absolute Gasteiger partial charge is 0.320 e. The van der Waals surface area contributed by atoms with Crippen LogP contribution in [0, 0.1) is 0 Å². The zero-order chi connectivity index (χ0) is 9.26. The maximum Gasteiger partial charge on any atom is 0.135 e. The van der Waals surface area contributed by atoms with Crippen molar-refractivity contribution < 1.29 is 4.79 Å². The summed E-state index contributed by atoms with van der Waals surface area (Å²) in [6, 6.07) is 10.0. The second-order valence-corrected chi connectivity index (χ2v) is 3.20. The number of nitrogens with zero attached hydrogens (tertiary/aromatic N) is 1. The number of hydrogen-bond donors (Lipinski definition) is 0. The molecule has 0 aliphatic rings. The van der Waals surface area contributed by atoms with Gasteiger partial charge >= 0.3 is 0 Å². The SMILES string of the molecule is CC(=O)Cc1ccc2ccccn12. The molecule has 0 N–H and O–H groups in total. The summed E-state index contributed by atoms with van der Waals surface area (Å²) in [5, 5.41) is 0. The van der Waals surface area contributed by atoms with Crippen molar-refractivity contribution in [3.63, 3.8) is 0 Å². The van der Waals surface area contributed by atoms with Crippen LogP contribution in [0.3, 0.4) is 0 Å². The molecule has 2 rings (SSSR count). The van der Waals surface area contributed by atoms with Gasteiger partial charge in [0.05, 0.1) is 0 Å². The minimum atomic E-state index is 0.198. The van der Waals surface area contributed by atoms with Crippen molar-refractivity contribution in [3.05, 3.63) is 42.2 Å². The fourth-order valence-electron chi connectivity index (χ4n) is 1.51. The van der Waals surface area contributed by atoms with E-state index in [0.29, 0.717) is 6.42 Å². The van der Waals surface area contributed by atoms with Gasteiger partial charge in [-0.25, -0.2) is 0 Å². The molecule has 0 atom stereocenters. The summed E-state index contributed by atoms with van der Waals surface area (Å²) in [6.45, 7) is 1.61. The highest BCUT2D eigenvalue weighted by molar-refractivity contribution is 5.78. The van der Waals surface area contributed by atoms with Crippen LogP contribution in [0.15, 0.2) is 36.5 Å². The van der Waals surface area contributed by atoms with Crippen LogP contribution in [0.5, 0.6) is 0 Å². The van der Waals surface area contributed by atoms with Gasteiger partial charge in [0.2, 0.25) is 0 Å². The zero-order valence-electron chi connectivity index (χ0n) is 7.53. The lowest BCUT2D eigenvalue weighted by Gasteiger charge is -1.98. The Morgan fingerprint density at radius 2 is 2.15 bits per heavy atom. The normalized spacial score (nSPS) is 10.5. The minimum Gasteiger partial charge on any atom is -0.320 e. The molecule has 0 saturated carbocycles. The van der Waals surface area contributed by atoms with E-state index in [-0.39, 0.29) is 5.78 Å². The molecule has 0 unspecified atom stereocenters. The fraction of sp³-hybridized carbons (Fsp3) is 0.182. The highest BCUT2D eigenvalue weighted by Gasteiger charge is 2.02. The molecule has 0 aliphatic carbocycles. The van der Waals surface area contributed by atoms with E-state index >= 15 is 0 Å². The summed E-state index contributed by atoms with van der Waals surface area (Å²) in [5.41, 5.74) is 2.20. The third kappa shape index (κ3) is 1.47. The first-order chi connectivity index (χ1) is 6.27. The van der Waals surface area contributed by atoms with E-state index in [4.69, 9.17) is 0 Å². The Morgan fingerprint density at radius 3 is 2.92 bits per heavy atom. The van der Waals surface area contributed by atoms with Crippen LogP contribution in [0.2, 0.25) is 0 Å². The van der Waals surface area contributed by atoms with Crippen molar-refractivity contribution in [2.24, 2.45) is 0 Å². The fourth-order valence-corrected chi connectivity index (χ4v) is 1.51. The molecule has 0 saturated heterocycles. The van der Waals surface area contributed by atoms with Gasteiger partial charge < -0.3 is 4.40 Å². The third-order valence-corrected chi connectivity index (χ3v) is 2.08. The van der Waals surface area contributed by atoms with Crippen molar-refractivity contribution in [2.75, 3.05) is 0 Å². The first kappa shape index (κ1) is 8.05. The summed E-state index contributed by atoms with van der Waals surface area (Å²) >= 11 is 0. The Morgan fingerprint density at radius 1 is 1.31 bits per heavy atom. The van der Waals surface area contributed by atoms with Crippen LogP contribution in [0.1, 0.15) is 12.6 Å². The van der Waals surface area contributed by atoms with Gasteiger partial charge in [-0.2, -0.15) is 0 Å². The van der Waals surface area contributed by atoms with E-state index in [1.807, 2.05) is 40.9 Å². The van der Waals surface area contributed by atoms with E-state index in [0.717, 1.165) is 11.2 Å². The number of hydrogen-bond acceptors (Lipinski definition) is 1. The van der Waals surface area contributed by atoms with Gasteiger partial charge in [-0.15, -0.1) is 0 Å². The van der Waals surface area contributed by atoms with Gasteiger partial charge in [0, 0.05) is 23.8 Å². The van der Waals surface area contributed by atoms with Crippen LogP contribution in [0.25, 0.3) is 5.52 Å². The van der Waals surface area contributed by atoms with Gasteiger partial charge in [0.15, 0.2) is 0 Å². The second-order valence-electron chi connectivity index (χ2n) is 3.20. The zero-order valence-corrected chi connectivity index (χ0v) is 7.53. The molecular formula is C11H11NO. The van der Waals surface area contributed by atoms with Gasteiger partial charge in [0.1, 0.15) is 5.78 Å². The molecule has 2 aromatic heterocycles. The number of ketones is 1. The highest BCUT2D eigenvalue weighted by atomic mass is 16.1. The second kappa shape index (κ2) is 3.05. The predicted octanol–water partition coefficient (Wildman–Crippen LogP) is 2.07. The maximum atomic E-state index is 10.9. The number of pyridine rings is 1. The van der Waals surface area contributed by atoms with Crippen molar-refractivity contribution in [1.82, 2.24) is 4.40 Å². The van der Waals surface area contributed by atoms with E-state index in [1.165, 1.54) is 0 Å². The van der Waals surface area contributed by atoms with E-state index in [9.17, 15) is 4.79 Å². The lowest BCUT2D eigenvalue weighted by Crippen LogP contribution is -1.99. The first-order valence-electron chi connectivity index (χ1n) is 4.32. The summed E-state index contributed by atoms with van der Waals surface area (Å²) in [6.07, 6.45) is 2.49. The Hall–Kier alpha value is -1.57. The number of rotatable bonds is 2. The first-order valence-corrected chi connectivity index (χ1v) is 4.32. The van der Waals surface area contributed by atoms with E-state index < -0.39 is 0 Å². The average Bonchev–Trinajstić information content (AvgIpc) is 2.48. The number of fused-ring (bicyclic) bond motifs is 1. The predicted molar refractivity (Wildman–Crippen MR) is 51.8 cm³/mol.